The van der Waals surface area contributed by atoms with Crippen molar-refractivity contribution in [3.63, 3.8) is 0 Å². The number of hydrogen-bond donors (Lipinski definition) is 0. The number of aliphatic imine (C=N–C) groups is 4. The first kappa shape index (κ1) is 63.0. The van der Waals surface area contributed by atoms with Crippen LogP contribution >= 0.6 is 0 Å². The molecule has 9 aliphatic rings. The summed E-state index contributed by atoms with van der Waals surface area (Å²) in [6.45, 7) is 0. The molecular formula is C74H68F8FeN8. The van der Waals surface area contributed by atoms with Crippen molar-refractivity contribution in [2.75, 3.05) is 0 Å². The van der Waals surface area contributed by atoms with Crippen molar-refractivity contribution in [3.8, 4) is 0 Å². The summed E-state index contributed by atoms with van der Waals surface area (Å²) in [5.74, 6) is -6.36. The molecule has 4 aliphatic carbocycles. The van der Waals surface area contributed by atoms with Crippen molar-refractivity contribution in [3.05, 3.63) is 249 Å². The number of imidazole rings is 2. The van der Waals surface area contributed by atoms with Gasteiger partial charge in [0.05, 0.1) is 80.5 Å². The maximum absolute atomic E-state index is 15.7. The molecule has 0 N–H and O–H groups in total. The van der Waals surface area contributed by atoms with E-state index < -0.39 is 68.8 Å². The predicted molar refractivity (Wildman–Crippen MR) is 340 cm³/mol. The van der Waals surface area contributed by atoms with Crippen molar-refractivity contribution in [1.29, 1.82) is 0 Å². The molecule has 17 heteroatoms. The van der Waals surface area contributed by atoms with Crippen LogP contribution in [-0.2, 0) is 17.1 Å². The molecule has 0 saturated heterocycles. The number of hydrogen-bond acceptors (Lipinski definition) is 6. The Morgan fingerprint density at radius 1 is 0.297 bits per heavy atom. The summed E-state index contributed by atoms with van der Waals surface area (Å²) >= 11 is 0. The van der Waals surface area contributed by atoms with Crippen molar-refractivity contribution < 1.29 is 52.2 Å². The molecule has 15 rings (SSSR count). The van der Waals surface area contributed by atoms with Crippen molar-refractivity contribution in [1.82, 2.24) is 19.1 Å². The van der Waals surface area contributed by atoms with E-state index in [2.05, 4.69) is 64.1 Å². The van der Waals surface area contributed by atoms with Gasteiger partial charge < -0.3 is 9.13 Å². The molecule has 0 spiro atoms. The van der Waals surface area contributed by atoms with Gasteiger partial charge in [0.1, 0.15) is 46.5 Å². The van der Waals surface area contributed by atoms with E-state index in [4.69, 9.17) is 0 Å². The quantitative estimate of drug-likeness (QED) is 0.112. The van der Waals surface area contributed by atoms with Gasteiger partial charge >= 0.3 is 0 Å². The summed E-state index contributed by atoms with van der Waals surface area (Å²) in [6, 6.07) is 14.3. The van der Waals surface area contributed by atoms with Crippen molar-refractivity contribution in [2.45, 2.75) is 152 Å². The minimum absolute atomic E-state index is 0. The van der Waals surface area contributed by atoms with Crippen LogP contribution in [-0.4, -0.2) is 41.9 Å². The Morgan fingerprint density at radius 2 is 0.527 bits per heavy atom. The predicted octanol–water partition coefficient (Wildman–Crippen LogP) is 19.7. The third-order valence-electron chi connectivity index (χ3n) is 18.8. The van der Waals surface area contributed by atoms with E-state index in [9.17, 15) is 0 Å². The zero-order valence-electron chi connectivity index (χ0n) is 50.3. The summed E-state index contributed by atoms with van der Waals surface area (Å²) in [5.41, 5.74) is -0.578. The van der Waals surface area contributed by atoms with Gasteiger partial charge in [-0.2, -0.15) is 0 Å². The van der Waals surface area contributed by atoms with Gasteiger partial charge in [-0.3, -0.25) is 0 Å². The second-order valence-corrected chi connectivity index (χ2v) is 24.5. The molecule has 468 valence electrons. The van der Waals surface area contributed by atoms with Crippen LogP contribution in [0.2, 0.25) is 0 Å². The van der Waals surface area contributed by atoms with Gasteiger partial charge in [-0.25, -0.2) is 65.1 Å². The fourth-order valence-corrected chi connectivity index (χ4v) is 14.4. The van der Waals surface area contributed by atoms with E-state index in [1.165, 1.54) is 188 Å². The van der Waals surface area contributed by atoms with E-state index in [0.717, 1.165) is 96.7 Å². The molecule has 7 heterocycles. The Labute approximate surface area is 535 Å². The molecule has 6 aromatic rings. The smallest absolute Gasteiger partial charge is 0.134 e. The number of rotatable bonds is 8. The monoisotopic (exact) mass is 1280 g/mol. The Morgan fingerprint density at radius 3 is 0.769 bits per heavy atom. The topological polar surface area (TPSA) is 85.1 Å². The van der Waals surface area contributed by atoms with Gasteiger partial charge in [0.25, 0.3) is 0 Å². The molecule has 2 aromatic heterocycles. The first-order valence-electron chi connectivity index (χ1n) is 31.9. The molecule has 0 unspecified atom stereocenters. The number of halogens is 8. The molecule has 91 heavy (non-hydrogen) atoms. The van der Waals surface area contributed by atoms with E-state index in [0.29, 0.717) is 0 Å². The number of allylic oxidation sites excluding steroid dienone is 12. The molecule has 8 bridgehead atoms. The van der Waals surface area contributed by atoms with Gasteiger partial charge in [-0.1, -0.05) is 101 Å². The van der Waals surface area contributed by atoms with E-state index in [1.54, 1.807) is 0 Å². The van der Waals surface area contributed by atoms with Crippen molar-refractivity contribution in [2.24, 2.45) is 20.0 Å². The van der Waals surface area contributed by atoms with Crippen molar-refractivity contribution >= 4 is 45.1 Å². The average molecular weight is 1280 g/mol. The van der Waals surface area contributed by atoms with E-state index in [1.807, 2.05) is 0 Å². The fraction of sp³-hybridized carbons (Fsp3) is 0.324. The summed E-state index contributed by atoms with van der Waals surface area (Å²) in [4.78, 5) is 27.4. The summed E-state index contributed by atoms with van der Waals surface area (Å²) in [6.07, 6.45) is 47.5. The molecule has 8 nitrogen and oxygen atoms in total. The van der Waals surface area contributed by atoms with Crippen LogP contribution in [0.4, 0.5) is 35.1 Å². The van der Waals surface area contributed by atoms with Gasteiger partial charge in [-0.15, -0.1) is 0 Å². The fourth-order valence-electron chi connectivity index (χ4n) is 14.4. The van der Waals surface area contributed by atoms with Gasteiger partial charge in [0, 0.05) is 87.1 Å². The van der Waals surface area contributed by atoms with E-state index >= 15 is 35.1 Å². The Bertz CT molecular complexity index is 3550. The molecule has 0 amide bonds. The van der Waals surface area contributed by atoms with Crippen LogP contribution in [0.1, 0.15) is 186 Å². The molecule has 4 aromatic carbocycles. The molecule has 0 radical (unpaired) electrons. The molecule has 4 saturated carbocycles. The average Bonchev–Trinajstić information content (AvgIpc) is 1.65. The number of aromatic nitrogens is 4. The maximum Gasteiger partial charge on any atom is 0.134 e. The summed E-state index contributed by atoms with van der Waals surface area (Å²) in [5, 5.41) is 0. The van der Waals surface area contributed by atoms with Crippen LogP contribution in [0.25, 0.3) is 22.3 Å². The van der Waals surface area contributed by atoms with Gasteiger partial charge in [0.2, 0.25) is 0 Å². The third kappa shape index (κ3) is 13.1. The second-order valence-electron chi connectivity index (χ2n) is 24.5. The second kappa shape index (κ2) is 28.2. The largest absolute Gasteiger partial charge is 0.331 e. The van der Waals surface area contributed by atoms with Crippen LogP contribution in [0, 0.1) is 46.5 Å². The minimum Gasteiger partial charge on any atom is -0.331 e. The normalized spacial score (nSPS) is 19.5. The summed E-state index contributed by atoms with van der Waals surface area (Å²) < 4.78 is 130. The van der Waals surface area contributed by atoms with E-state index in [-0.39, 0.29) is 85.0 Å². The summed E-state index contributed by atoms with van der Waals surface area (Å²) in [7, 11) is 0. The van der Waals surface area contributed by atoms with Crippen LogP contribution in [0.15, 0.2) is 189 Å². The third-order valence-corrected chi connectivity index (χ3v) is 18.8. The number of nitrogens with zero attached hydrogens (tertiary/aromatic N) is 8. The molecular weight excluding hydrogens is 1210 g/mol. The molecule has 5 aliphatic heterocycles. The molecule has 0 atom stereocenters. The van der Waals surface area contributed by atoms with Gasteiger partial charge in [-0.05, 0) is 149 Å². The zero-order valence-corrected chi connectivity index (χ0v) is 51.4. The van der Waals surface area contributed by atoms with Crippen LogP contribution in [0.5, 0.6) is 0 Å². The standard InChI is InChI=1S/C44H20F8N4.2C15H24N2.Fe/c45-21-5-1-6-22(46)37(21)41-29-13-15-31(53-29)42(38-23(47)7-2-8-24(38)48)33-17-19-35(55-33)44(40-27(51)11-4-12-28(40)52)36-20-18-34(56-36)43(32-16-14-30(41)54-32)39-25(49)9-3-10-26(39)50;2*1-3-7-13(8-4-1)15-11-16-12-17(15)14-9-5-2-6-10-14;/h1-20H;2*11-14H,1-10H2;. The Balaban J connectivity index is 0.000000184. The maximum atomic E-state index is 15.7. The minimum atomic E-state index is -0.995. The van der Waals surface area contributed by atoms with Crippen LogP contribution in [0.3, 0.4) is 0 Å². The first-order valence-corrected chi connectivity index (χ1v) is 31.9. The van der Waals surface area contributed by atoms with Gasteiger partial charge in [0.15, 0.2) is 0 Å². The van der Waals surface area contributed by atoms with Crippen LogP contribution < -0.4 is 0 Å². The SMILES string of the molecule is Fc1cccc(F)c1C1=C2C=CC(=N2)C(c2c(F)cccc2F)=C2C=CC(=N2)C(c2c(F)cccc2F)=C2C=CC(=N2)C(c2c(F)cccc2F)=C2C=CC1=N2.[Fe].c1ncn(C2CCCCC2)c1C1CCCCC1.c1ncn(C2CCCCC2)c1C1CCCCC1. The first-order chi connectivity index (χ1) is 44.0. The molecule has 4 fully saturated rings. The Kier molecular flexibility index (Phi) is 19.5. The number of fused-ring (bicyclic) bond motifs is 4. The number of benzene rings is 4. The Hall–Kier alpha value is -8.14. The zero-order chi connectivity index (χ0) is 61.8.